The van der Waals surface area contributed by atoms with E-state index >= 15 is 0 Å². The van der Waals surface area contributed by atoms with Gasteiger partial charge in [-0.25, -0.2) is 9.59 Å². The van der Waals surface area contributed by atoms with Gasteiger partial charge >= 0.3 is 24.1 Å². The van der Waals surface area contributed by atoms with Crippen molar-refractivity contribution in [2.75, 3.05) is 19.5 Å². The van der Waals surface area contributed by atoms with Crippen LogP contribution in [0.2, 0.25) is 0 Å². The largest absolute Gasteiger partial charge is 0.490 e. The standard InChI is InChI=1S/C19H21N3O7S.C2HF3O2/c1-10(23)29-8-12-9-30-18-19(28-2,17(27)22(18)14(12)16(25)26)21-15(24)13(20)11-6-4-3-5-7-11;3-2(4,5)1(6)7/h3-7,13,18H,8-9,20H2,1-2H3,(H,21,24)(H,25,26);(H,6,7)/t13?,18-,19+;/m1./s1. The smallest absolute Gasteiger partial charge is 0.477 e. The number of hydrogen-bond donors (Lipinski definition) is 4. The molecular weight excluding hydrogens is 527 g/mol. The maximum absolute atomic E-state index is 13.0. The number of ether oxygens (including phenoxy) is 2. The van der Waals surface area contributed by atoms with Crippen LogP contribution in [0.5, 0.6) is 0 Å². The normalized spacial score (nSPS) is 21.5. The molecule has 1 fully saturated rings. The summed E-state index contributed by atoms with van der Waals surface area (Å²) in [7, 11) is 1.25. The molecule has 0 aliphatic carbocycles. The monoisotopic (exact) mass is 549 g/mol. The van der Waals surface area contributed by atoms with E-state index in [-0.39, 0.29) is 23.6 Å². The number of esters is 1. The van der Waals surface area contributed by atoms with E-state index in [1.807, 2.05) is 0 Å². The van der Waals surface area contributed by atoms with Crippen LogP contribution in [0.1, 0.15) is 18.5 Å². The fraction of sp³-hybridized carbons (Fsp3) is 0.381. The summed E-state index contributed by atoms with van der Waals surface area (Å²) in [5, 5.41) is 18.5. The molecule has 2 amide bonds. The maximum Gasteiger partial charge on any atom is 0.490 e. The third kappa shape index (κ3) is 6.39. The summed E-state index contributed by atoms with van der Waals surface area (Å²) in [4.78, 5) is 58.5. The van der Waals surface area contributed by atoms with Crippen molar-refractivity contribution in [3.8, 4) is 0 Å². The average molecular weight is 549 g/mol. The summed E-state index contributed by atoms with van der Waals surface area (Å²) in [6.07, 6.45) is -5.08. The van der Waals surface area contributed by atoms with Crippen LogP contribution in [-0.2, 0) is 33.4 Å². The van der Waals surface area contributed by atoms with Crippen LogP contribution in [0.15, 0.2) is 41.6 Å². The number of carboxylic acid groups (broad SMARTS) is 2. The van der Waals surface area contributed by atoms with Gasteiger partial charge in [0, 0.05) is 25.4 Å². The molecule has 1 aromatic carbocycles. The van der Waals surface area contributed by atoms with Gasteiger partial charge in [0.15, 0.2) is 0 Å². The van der Waals surface area contributed by atoms with E-state index in [9.17, 15) is 37.5 Å². The molecule has 12 nitrogen and oxygen atoms in total. The van der Waals surface area contributed by atoms with Gasteiger partial charge in [-0.05, 0) is 5.56 Å². The molecule has 1 unspecified atom stereocenters. The third-order valence-electron chi connectivity index (χ3n) is 5.08. The highest BCUT2D eigenvalue weighted by Gasteiger charge is 2.66. The molecule has 37 heavy (non-hydrogen) atoms. The summed E-state index contributed by atoms with van der Waals surface area (Å²) in [6.45, 7) is 0.960. The number of thioether (sulfide) groups is 1. The lowest BCUT2D eigenvalue weighted by Gasteiger charge is -2.55. The highest BCUT2D eigenvalue weighted by molar-refractivity contribution is 8.00. The molecule has 3 atom stereocenters. The second-order valence-electron chi connectivity index (χ2n) is 7.50. The zero-order chi connectivity index (χ0) is 28.1. The average Bonchev–Trinajstić information content (AvgIpc) is 2.84. The zero-order valence-corrected chi connectivity index (χ0v) is 20.1. The van der Waals surface area contributed by atoms with Gasteiger partial charge in [0.25, 0.3) is 11.6 Å². The minimum absolute atomic E-state index is 0.176. The molecule has 1 saturated heterocycles. The topological polar surface area (TPSA) is 186 Å². The third-order valence-corrected chi connectivity index (χ3v) is 6.45. The number of carbonyl (C=O) groups is 5. The molecule has 0 spiro atoms. The number of carboxylic acids is 2. The number of methoxy groups -OCH3 is 1. The fourth-order valence-corrected chi connectivity index (χ4v) is 4.74. The summed E-state index contributed by atoms with van der Waals surface area (Å²) in [6, 6.07) is 7.57. The van der Waals surface area contributed by atoms with Gasteiger partial charge in [-0.2, -0.15) is 13.2 Å². The predicted molar refractivity (Wildman–Crippen MR) is 119 cm³/mol. The van der Waals surface area contributed by atoms with Gasteiger partial charge in [-0.3, -0.25) is 19.3 Å². The Bertz CT molecular complexity index is 1110. The summed E-state index contributed by atoms with van der Waals surface area (Å²) >= 11 is 1.19. The lowest BCUT2D eigenvalue weighted by molar-refractivity contribution is -0.193. The van der Waals surface area contributed by atoms with Crippen molar-refractivity contribution in [1.82, 2.24) is 10.2 Å². The Morgan fingerprint density at radius 3 is 2.27 bits per heavy atom. The molecule has 2 heterocycles. The number of nitrogens with zero attached hydrogens (tertiary/aromatic N) is 1. The van der Waals surface area contributed by atoms with Crippen molar-refractivity contribution < 1.29 is 56.8 Å². The number of alkyl halides is 3. The molecule has 16 heteroatoms. The van der Waals surface area contributed by atoms with Crippen LogP contribution < -0.4 is 11.1 Å². The molecule has 0 radical (unpaired) electrons. The number of halogens is 3. The Hall–Kier alpha value is -3.63. The Balaban J connectivity index is 0.000000604. The van der Waals surface area contributed by atoms with Gasteiger partial charge in [-0.15, -0.1) is 11.8 Å². The minimum Gasteiger partial charge on any atom is -0.477 e. The molecule has 0 bridgehead atoms. The molecule has 202 valence electrons. The number of nitrogens with one attached hydrogen (secondary N) is 1. The van der Waals surface area contributed by atoms with Crippen molar-refractivity contribution >= 4 is 41.5 Å². The Labute approximate surface area is 211 Å². The number of amides is 2. The number of fused-ring (bicyclic) bond motifs is 1. The minimum atomic E-state index is -5.08. The second-order valence-corrected chi connectivity index (χ2v) is 8.56. The summed E-state index contributed by atoms with van der Waals surface area (Å²) < 4.78 is 42.0. The van der Waals surface area contributed by atoms with Crippen molar-refractivity contribution in [2.45, 2.75) is 30.2 Å². The van der Waals surface area contributed by atoms with Gasteiger partial charge in [0.1, 0.15) is 23.7 Å². The fourth-order valence-electron chi connectivity index (χ4n) is 3.32. The first-order chi connectivity index (χ1) is 17.2. The van der Waals surface area contributed by atoms with Crippen molar-refractivity contribution in [3.63, 3.8) is 0 Å². The first kappa shape index (κ1) is 29.6. The molecule has 0 aromatic heterocycles. The first-order valence-corrected chi connectivity index (χ1v) is 11.2. The lowest BCUT2D eigenvalue weighted by Crippen LogP contribution is -2.81. The molecule has 0 saturated carbocycles. The van der Waals surface area contributed by atoms with E-state index in [1.54, 1.807) is 30.3 Å². The highest BCUT2D eigenvalue weighted by Crippen LogP contribution is 2.46. The second kappa shape index (κ2) is 11.6. The zero-order valence-electron chi connectivity index (χ0n) is 19.3. The van der Waals surface area contributed by atoms with Crippen molar-refractivity contribution in [2.24, 2.45) is 5.73 Å². The van der Waals surface area contributed by atoms with E-state index in [1.165, 1.54) is 25.8 Å². The van der Waals surface area contributed by atoms with Crippen LogP contribution in [0.25, 0.3) is 0 Å². The maximum atomic E-state index is 13.0. The van der Waals surface area contributed by atoms with Crippen LogP contribution in [-0.4, -0.2) is 81.6 Å². The summed E-state index contributed by atoms with van der Waals surface area (Å²) in [5.74, 6) is -5.87. The molecule has 2 aliphatic heterocycles. The Morgan fingerprint density at radius 2 is 1.81 bits per heavy atom. The Morgan fingerprint density at radius 1 is 1.24 bits per heavy atom. The molecule has 3 rings (SSSR count). The number of nitrogens with two attached hydrogens (primary N) is 1. The number of benzene rings is 1. The molecule has 5 N–H and O–H groups in total. The number of β-lactam (4-membered cyclic amide) rings is 1. The van der Waals surface area contributed by atoms with Crippen LogP contribution in [0.4, 0.5) is 13.2 Å². The van der Waals surface area contributed by atoms with E-state index in [4.69, 9.17) is 25.1 Å². The number of aliphatic carboxylic acids is 2. The summed E-state index contributed by atoms with van der Waals surface area (Å²) in [5.41, 5.74) is 4.81. The number of carbonyl (C=O) groups excluding carboxylic acids is 3. The lowest BCUT2D eigenvalue weighted by atomic mass is 9.97. The first-order valence-electron chi connectivity index (χ1n) is 10.2. The number of hydrogen-bond acceptors (Lipinski definition) is 9. The van der Waals surface area contributed by atoms with E-state index < -0.39 is 53.0 Å². The van der Waals surface area contributed by atoms with Gasteiger partial charge in [0.05, 0.1) is 0 Å². The predicted octanol–water partition coefficient (Wildman–Crippen LogP) is 0.596. The van der Waals surface area contributed by atoms with Crippen LogP contribution in [0.3, 0.4) is 0 Å². The van der Waals surface area contributed by atoms with E-state index in [2.05, 4.69) is 5.32 Å². The van der Waals surface area contributed by atoms with Crippen LogP contribution in [0, 0.1) is 0 Å². The van der Waals surface area contributed by atoms with Crippen molar-refractivity contribution in [1.29, 1.82) is 0 Å². The Kier molecular flexibility index (Phi) is 9.29. The SMILES string of the molecule is CO[C@@]1(NC(=O)C(N)c2ccccc2)C(=O)N2C(C(=O)O)=C(COC(C)=O)CS[C@@H]21.O=C(O)C(F)(F)F. The van der Waals surface area contributed by atoms with E-state index in [0.717, 1.165) is 4.90 Å². The van der Waals surface area contributed by atoms with Gasteiger partial charge in [0.2, 0.25) is 5.91 Å². The van der Waals surface area contributed by atoms with Gasteiger partial charge < -0.3 is 30.7 Å². The number of rotatable bonds is 7. The highest BCUT2D eigenvalue weighted by atomic mass is 32.2. The molecule has 1 aromatic rings. The van der Waals surface area contributed by atoms with Crippen molar-refractivity contribution in [3.05, 3.63) is 47.2 Å². The van der Waals surface area contributed by atoms with Crippen LogP contribution >= 0.6 is 11.8 Å². The molecular formula is C21H22F3N3O9S. The quantitative estimate of drug-likeness (QED) is 0.212. The molecule has 2 aliphatic rings. The van der Waals surface area contributed by atoms with E-state index in [0.29, 0.717) is 5.56 Å². The van der Waals surface area contributed by atoms with Gasteiger partial charge in [-0.1, -0.05) is 30.3 Å².